The predicted molar refractivity (Wildman–Crippen MR) is 70.1 cm³/mol. The molecule has 0 radical (unpaired) electrons. The van der Waals surface area contributed by atoms with Crippen molar-refractivity contribution in [2.75, 3.05) is 11.9 Å². The molecule has 0 spiro atoms. The van der Waals surface area contributed by atoms with Crippen LogP contribution in [0.25, 0.3) is 0 Å². The van der Waals surface area contributed by atoms with Gasteiger partial charge in [-0.1, -0.05) is 26.0 Å². The topological polar surface area (TPSA) is 24.1 Å². The number of nitrogens with one attached hydrogen (secondary N) is 2. The van der Waals surface area contributed by atoms with Crippen molar-refractivity contribution in [1.82, 2.24) is 5.32 Å². The Morgan fingerprint density at radius 1 is 1.44 bits per heavy atom. The second-order valence-electron chi connectivity index (χ2n) is 5.10. The summed E-state index contributed by atoms with van der Waals surface area (Å²) in [6.07, 6.45) is 2.29. The molecule has 1 aromatic rings. The zero-order valence-corrected chi connectivity index (χ0v) is 10.5. The van der Waals surface area contributed by atoms with Gasteiger partial charge in [-0.2, -0.15) is 0 Å². The minimum absolute atomic E-state index is 0.580. The number of hydrogen-bond acceptors (Lipinski definition) is 2. The first-order chi connectivity index (χ1) is 7.65. The summed E-state index contributed by atoms with van der Waals surface area (Å²) >= 11 is 0. The molecule has 1 aromatic carbocycles. The molecule has 1 heterocycles. The van der Waals surface area contributed by atoms with Gasteiger partial charge in [0.15, 0.2) is 0 Å². The Hall–Kier alpha value is -1.02. The zero-order chi connectivity index (χ0) is 11.5. The normalized spacial score (nSPS) is 18.6. The maximum Gasteiger partial charge on any atom is 0.0375 e. The molecule has 2 nitrogen and oxygen atoms in total. The largest absolute Gasteiger partial charge is 0.382 e. The Bertz CT molecular complexity index is 358. The highest BCUT2D eigenvalue weighted by Gasteiger charge is 2.16. The van der Waals surface area contributed by atoms with Crippen molar-refractivity contribution in [3.8, 4) is 0 Å². The Morgan fingerprint density at radius 3 is 3.00 bits per heavy atom. The van der Waals surface area contributed by atoms with Gasteiger partial charge < -0.3 is 10.6 Å². The van der Waals surface area contributed by atoms with Crippen molar-refractivity contribution in [1.29, 1.82) is 0 Å². The van der Waals surface area contributed by atoms with Crippen LogP contribution in [0.15, 0.2) is 18.2 Å². The lowest BCUT2D eigenvalue weighted by Crippen LogP contribution is -2.24. The summed E-state index contributed by atoms with van der Waals surface area (Å²) in [5.41, 5.74) is 4.26. The summed E-state index contributed by atoms with van der Waals surface area (Å²) in [4.78, 5) is 0. The zero-order valence-electron chi connectivity index (χ0n) is 10.5. The van der Waals surface area contributed by atoms with Crippen molar-refractivity contribution < 1.29 is 0 Å². The van der Waals surface area contributed by atoms with Gasteiger partial charge in [-0.05, 0) is 43.5 Å². The van der Waals surface area contributed by atoms with Gasteiger partial charge in [-0.25, -0.2) is 0 Å². The van der Waals surface area contributed by atoms with E-state index in [1.807, 2.05) is 0 Å². The van der Waals surface area contributed by atoms with Gasteiger partial charge in [-0.15, -0.1) is 0 Å². The summed E-state index contributed by atoms with van der Waals surface area (Å²) in [7, 11) is 0. The second-order valence-corrected chi connectivity index (χ2v) is 5.10. The fourth-order valence-corrected chi connectivity index (χ4v) is 2.26. The van der Waals surface area contributed by atoms with Crippen LogP contribution in [0.4, 0.5) is 5.69 Å². The van der Waals surface area contributed by atoms with Gasteiger partial charge in [0.25, 0.3) is 0 Å². The Labute approximate surface area is 98.4 Å². The van der Waals surface area contributed by atoms with Crippen LogP contribution in [0, 0.1) is 0 Å². The van der Waals surface area contributed by atoms with Crippen LogP contribution >= 0.6 is 0 Å². The van der Waals surface area contributed by atoms with Gasteiger partial charge >= 0.3 is 0 Å². The molecule has 1 aliphatic rings. The third-order valence-electron chi connectivity index (χ3n) is 3.06. The van der Waals surface area contributed by atoms with E-state index in [2.05, 4.69) is 49.6 Å². The monoisotopic (exact) mass is 218 g/mol. The van der Waals surface area contributed by atoms with Crippen LogP contribution in [0.2, 0.25) is 0 Å². The third-order valence-corrected chi connectivity index (χ3v) is 3.06. The molecule has 0 amide bonds. The predicted octanol–water partition coefficient (Wildman–Crippen LogP) is 2.58. The molecular weight excluding hydrogens is 196 g/mol. The molecule has 1 unspecified atom stereocenters. The highest BCUT2D eigenvalue weighted by atomic mass is 14.9. The first-order valence-corrected chi connectivity index (χ1v) is 6.27. The molecule has 2 rings (SSSR count). The minimum atomic E-state index is 0.580. The van der Waals surface area contributed by atoms with Gasteiger partial charge in [0.05, 0.1) is 0 Å². The number of hydrogen-bond donors (Lipinski definition) is 2. The van der Waals surface area contributed by atoms with Gasteiger partial charge in [-0.3, -0.25) is 0 Å². The van der Waals surface area contributed by atoms with Crippen molar-refractivity contribution in [2.24, 2.45) is 0 Å². The standard InChI is InChI=1S/C14H22N2/c1-10(2)15-7-6-12-4-5-14-13(9-12)8-11(3)16-14/h4-5,9-11,15-16H,6-8H2,1-3H3. The molecule has 0 saturated heterocycles. The molecule has 2 N–H and O–H groups in total. The van der Waals surface area contributed by atoms with Crippen molar-refractivity contribution in [3.05, 3.63) is 29.3 Å². The smallest absolute Gasteiger partial charge is 0.0375 e. The maximum atomic E-state index is 3.48. The van der Waals surface area contributed by atoms with E-state index in [0.717, 1.165) is 13.0 Å². The lowest BCUT2D eigenvalue weighted by molar-refractivity contribution is 0.590. The molecule has 1 aliphatic heterocycles. The second kappa shape index (κ2) is 4.88. The summed E-state index contributed by atoms with van der Waals surface area (Å²) in [6.45, 7) is 7.68. The van der Waals surface area contributed by atoms with E-state index in [1.165, 1.54) is 23.2 Å². The molecule has 16 heavy (non-hydrogen) atoms. The highest BCUT2D eigenvalue weighted by molar-refractivity contribution is 5.57. The molecule has 0 bridgehead atoms. The van der Waals surface area contributed by atoms with E-state index >= 15 is 0 Å². The maximum absolute atomic E-state index is 3.48. The quantitative estimate of drug-likeness (QED) is 0.811. The van der Waals surface area contributed by atoms with Crippen LogP contribution < -0.4 is 10.6 Å². The van der Waals surface area contributed by atoms with Crippen LogP contribution in [-0.4, -0.2) is 18.6 Å². The molecule has 0 aromatic heterocycles. The summed E-state index contributed by atoms with van der Waals surface area (Å²) in [5.74, 6) is 0. The van der Waals surface area contributed by atoms with Gasteiger partial charge in [0, 0.05) is 17.8 Å². The molecule has 88 valence electrons. The van der Waals surface area contributed by atoms with Crippen LogP contribution in [0.3, 0.4) is 0 Å². The molecule has 0 saturated carbocycles. The number of anilines is 1. The molecule has 1 atom stereocenters. The molecule has 2 heteroatoms. The third kappa shape index (κ3) is 2.76. The molecule has 0 fully saturated rings. The first kappa shape index (κ1) is 11.5. The van der Waals surface area contributed by atoms with Crippen LogP contribution in [0.1, 0.15) is 31.9 Å². The number of benzene rings is 1. The lowest BCUT2D eigenvalue weighted by atomic mass is 10.0. The molecule has 0 aliphatic carbocycles. The SMILES string of the molecule is CC(C)NCCc1ccc2c(c1)CC(C)N2. The van der Waals surface area contributed by atoms with E-state index in [9.17, 15) is 0 Å². The van der Waals surface area contributed by atoms with Gasteiger partial charge in [0.1, 0.15) is 0 Å². The number of rotatable bonds is 4. The van der Waals surface area contributed by atoms with Crippen molar-refractivity contribution in [3.63, 3.8) is 0 Å². The molecular formula is C14H22N2. The Kier molecular flexibility index (Phi) is 3.49. The Balaban J connectivity index is 1.94. The average Bonchev–Trinajstić information content (AvgIpc) is 2.56. The summed E-state index contributed by atoms with van der Waals surface area (Å²) in [5, 5.41) is 6.94. The fourth-order valence-electron chi connectivity index (χ4n) is 2.26. The van der Waals surface area contributed by atoms with Gasteiger partial charge in [0.2, 0.25) is 0 Å². The van der Waals surface area contributed by atoms with Crippen LogP contribution in [-0.2, 0) is 12.8 Å². The van der Waals surface area contributed by atoms with E-state index in [1.54, 1.807) is 0 Å². The lowest BCUT2D eigenvalue weighted by Gasteiger charge is -2.08. The minimum Gasteiger partial charge on any atom is -0.382 e. The summed E-state index contributed by atoms with van der Waals surface area (Å²) in [6, 6.07) is 8.00. The van der Waals surface area contributed by atoms with E-state index in [-0.39, 0.29) is 0 Å². The fraction of sp³-hybridized carbons (Fsp3) is 0.571. The summed E-state index contributed by atoms with van der Waals surface area (Å²) < 4.78 is 0. The van der Waals surface area contributed by atoms with E-state index in [4.69, 9.17) is 0 Å². The Morgan fingerprint density at radius 2 is 2.25 bits per heavy atom. The van der Waals surface area contributed by atoms with Crippen molar-refractivity contribution >= 4 is 5.69 Å². The van der Waals surface area contributed by atoms with Crippen LogP contribution in [0.5, 0.6) is 0 Å². The van der Waals surface area contributed by atoms with E-state index < -0.39 is 0 Å². The average molecular weight is 218 g/mol. The van der Waals surface area contributed by atoms with Crippen molar-refractivity contribution in [2.45, 2.75) is 45.7 Å². The van der Waals surface area contributed by atoms with E-state index in [0.29, 0.717) is 12.1 Å². The number of fused-ring (bicyclic) bond motifs is 1. The first-order valence-electron chi connectivity index (χ1n) is 6.27. The highest BCUT2D eigenvalue weighted by Crippen LogP contribution is 2.26.